The van der Waals surface area contributed by atoms with Crippen molar-refractivity contribution in [1.29, 1.82) is 0 Å². The van der Waals surface area contributed by atoms with E-state index in [9.17, 15) is 0 Å². The van der Waals surface area contributed by atoms with Crippen LogP contribution in [0.25, 0.3) is 0 Å². The van der Waals surface area contributed by atoms with Crippen molar-refractivity contribution in [2.45, 2.75) is 117 Å². The third-order valence-electron chi connectivity index (χ3n) is 8.60. The monoisotopic (exact) mass is 782 g/mol. The number of fused-ring (bicyclic) bond motifs is 4. The van der Waals surface area contributed by atoms with Gasteiger partial charge in [-0.3, -0.25) is 0 Å². The molecule has 0 nitrogen and oxygen atoms in total. The summed E-state index contributed by atoms with van der Waals surface area (Å²) in [5.74, 6) is 0. The minimum atomic E-state index is 0. The summed E-state index contributed by atoms with van der Waals surface area (Å²) < 4.78 is 4.18. The van der Waals surface area contributed by atoms with Crippen molar-refractivity contribution in [1.82, 2.24) is 0 Å². The molecule has 0 atom stereocenters. The van der Waals surface area contributed by atoms with Crippen molar-refractivity contribution < 1.29 is 73.3 Å². The van der Waals surface area contributed by atoms with E-state index in [0.717, 1.165) is 0 Å². The van der Waals surface area contributed by atoms with Crippen LogP contribution in [0.15, 0.2) is 72.8 Å². The van der Waals surface area contributed by atoms with E-state index in [4.69, 9.17) is 0 Å². The quantitative estimate of drug-likeness (QED) is 0.238. The Hall–Kier alpha value is -0.514. The van der Waals surface area contributed by atoms with Crippen molar-refractivity contribution in [3.8, 4) is 0 Å². The molecule has 0 spiro atoms. The number of hydrogen-bond donors (Lipinski definition) is 0. The van der Waals surface area contributed by atoms with Gasteiger partial charge in [0.1, 0.15) is 0 Å². The third kappa shape index (κ3) is 14.9. The molecule has 236 valence electrons. The van der Waals surface area contributed by atoms with Crippen molar-refractivity contribution in [2.75, 3.05) is 0 Å². The van der Waals surface area contributed by atoms with Crippen molar-refractivity contribution in [3.63, 3.8) is 0 Å². The van der Waals surface area contributed by atoms with Gasteiger partial charge in [0.05, 0.1) is 0 Å². The summed E-state index contributed by atoms with van der Waals surface area (Å²) in [5, 5.41) is 0. The minimum absolute atomic E-state index is 0. The zero-order chi connectivity index (χ0) is 29.8. The topological polar surface area (TPSA) is 0 Å². The Morgan fingerprint density at radius 1 is 0.409 bits per heavy atom. The summed E-state index contributed by atoms with van der Waals surface area (Å²) in [5.41, 5.74) is 12.8. The summed E-state index contributed by atoms with van der Waals surface area (Å²) in [7, 11) is 0. The zero-order valence-electron chi connectivity index (χ0n) is 27.2. The summed E-state index contributed by atoms with van der Waals surface area (Å²) in [4.78, 5) is 0. The van der Waals surface area contributed by atoms with Gasteiger partial charge >= 0.3 is 69.7 Å². The molecule has 0 fully saturated rings. The second-order valence-corrected chi connectivity index (χ2v) is 14.5. The molecule has 44 heavy (non-hydrogen) atoms. The zero-order valence-corrected chi connectivity index (χ0v) is 33.6. The van der Waals surface area contributed by atoms with Crippen LogP contribution in [-0.4, -0.2) is 7.42 Å². The molecule has 0 bridgehead atoms. The molecule has 4 aromatic rings. The van der Waals surface area contributed by atoms with E-state index in [1.54, 1.807) is 44.5 Å². The van der Waals surface area contributed by atoms with E-state index in [0.29, 0.717) is 0 Å². The van der Waals surface area contributed by atoms with E-state index in [-0.39, 0.29) is 24.8 Å². The van der Waals surface area contributed by atoms with Crippen molar-refractivity contribution in [2.24, 2.45) is 0 Å². The van der Waals surface area contributed by atoms with Crippen LogP contribution in [-0.2, 0) is 99.8 Å². The fourth-order valence-electron chi connectivity index (χ4n) is 6.45. The Morgan fingerprint density at radius 2 is 0.591 bits per heavy atom. The van der Waals surface area contributed by atoms with Gasteiger partial charge in [0.25, 0.3) is 0 Å². The van der Waals surface area contributed by atoms with E-state index in [2.05, 4.69) is 80.2 Å². The Morgan fingerprint density at radius 3 is 0.773 bits per heavy atom. The van der Waals surface area contributed by atoms with Crippen LogP contribution >= 0.6 is 0 Å². The maximum Gasteiger partial charge on any atom is -0.0512 e. The fraction of sp³-hybridized carbons (Fsp3) is 0.450. The van der Waals surface area contributed by atoms with E-state index in [1.807, 2.05) is 13.8 Å². The molecule has 0 amide bonds. The second kappa shape index (κ2) is 25.6. The normalized spacial score (nSPS) is 14.9. The molecular formula is C40H52Cl2Zr2-2. The maximum absolute atomic E-state index is 2.26. The van der Waals surface area contributed by atoms with Gasteiger partial charge in [-0.2, -0.15) is 93.0 Å². The fourth-order valence-corrected chi connectivity index (χ4v) is 6.45. The molecule has 0 unspecified atom stereocenters. The Labute approximate surface area is 311 Å². The SMILES string of the molecule is C[CH]=[Zr+2].C[CH]=[Zr+2].[Cl-].[Cl-].c1cc2c([cH-]1)CCCC2.c1cc2c([cH-]1)CCCC2.c1cc2c([cH-]1)CCCC2.c1cc2c([cH-]1)CCCC2. The van der Waals surface area contributed by atoms with Crippen LogP contribution in [0.2, 0.25) is 0 Å². The summed E-state index contributed by atoms with van der Waals surface area (Å²) in [6, 6.07) is 26.8. The second-order valence-electron chi connectivity index (χ2n) is 11.7. The first-order chi connectivity index (χ1) is 20.7. The largest absolute Gasteiger partial charge is 1.00 e. The van der Waals surface area contributed by atoms with Gasteiger partial charge in [0.2, 0.25) is 0 Å². The van der Waals surface area contributed by atoms with E-state index >= 15 is 0 Å². The predicted molar refractivity (Wildman–Crippen MR) is 178 cm³/mol. The van der Waals surface area contributed by atoms with E-state index in [1.165, 1.54) is 151 Å². The average Bonchev–Trinajstić information content (AvgIpc) is 3.85. The molecule has 4 aromatic carbocycles. The van der Waals surface area contributed by atoms with Crippen molar-refractivity contribution in [3.05, 3.63) is 117 Å². The number of aryl methyl sites for hydroxylation is 8. The van der Waals surface area contributed by atoms with Gasteiger partial charge in [-0.05, 0) is 0 Å². The molecule has 8 rings (SSSR count). The third-order valence-corrected chi connectivity index (χ3v) is 8.60. The molecule has 0 N–H and O–H groups in total. The minimum Gasteiger partial charge on any atom is -1.00 e. The number of hydrogen-bond acceptors (Lipinski definition) is 0. The van der Waals surface area contributed by atoms with Crippen molar-refractivity contribution >= 4 is 7.42 Å². The average molecular weight is 786 g/mol. The molecular weight excluding hydrogens is 734 g/mol. The van der Waals surface area contributed by atoms with Gasteiger partial charge < -0.3 is 24.8 Å². The maximum atomic E-state index is 2.26. The Bertz CT molecular complexity index is 995. The van der Waals surface area contributed by atoms with Crippen LogP contribution < -0.4 is 24.8 Å². The molecule has 0 heterocycles. The Kier molecular flexibility index (Phi) is 24.1. The molecule has 0 saturated carbocycles. The summed E-state index contributed by atoms with van der Waals surface area (Å²) in [6.07, 6.45) is 21.8. The van der Waals surface area contributed by atoms with Crippen LogP contribution in [0.3, 0.4) is 0 Å². The van der Waals surface area contributed by atoms with Gasteiger partial charge in [-0.15, -0.1) is 0 Å². The van der Waals surface area contributed by atoms with E-state index < -0.39 is 0 Å². The first kappa shape index (κ1) is 41.5. The standard InChI is InChI=1S/4C9H11.2C2H4.2ClH.2Zr/c4*1-2-5-9-7-3-6-8(9)4-1;2*1-2;;;;/h4*3,6-7H,1-2,4-5H2;2*1H,2H3;2*1H;;/q4*-1;;;;;2*+2/p-2. The summed E-state index contributed by atoms with van der Waals surface area (Å²) >= 11 is 3.02. The molecule has 4 aliphatic rings. The molecule has 4 heteroatoms. The van der Waals surface area contributed by atoms with Gasteiger partial charge in [-0.1, -0.05) is 103 Å². The molecule has 0 saturated heterocycles. The first-order valence-corrected chi connectivity index (χ1v) is 19.4. The van der Waals surface area contributed by atoms with Crippen LogP contribution in [0.5, 0.6) is 0 Å². The molecule has 0 aliphatic heterocycles. The smallest absolute Gasteiger partial charge is 0.0512 e. The van der Waals surface area contributed by atoms with Gasteiger partial charge in [-0.25, -0.2) is 24.3 Å². The summed E-state index contributed by atoms with van der Waals surface area (Å²) in [6.45, 7) is 4.08. The molecule has 4 aliphatic carbocycles. The van der Waals surface area contributed by atoms with Gasteiger partial charge in [0, 0.05) is 0 Å². The predicted octanol–water partition coefficient (Wildman–Crippen LogP) is 3.86. The van der Waals surface area contributed by atoms with Crippen LogP contribution in [0.4, 0.5) is 0 Å². The van der Waals surface area contributed by atoms with Gasteiger partial charge in [0.15, 0.2) is 0 Å². The molecule has 0 radical (unpaired) electrons. The number of rotatable bonds is 0. The first-order valence-electron chi connectivity index (χ1n) is 16.5. The van der Waals surface area contributed by atoms with Crippen LogP contribution in [0.1, 0.15) is 110 Å². The van der Waals surface area contributed by atoms with Crippen LogP contribution in [0, 0.1) is 0 Å². The number of halogens is 2. The molecule has 0 aromatic heterocycles. The Balaban J connectivity index is 0.000000273.